The summed E-state index contributed by atoms with van der Waals surface area (Å²) in [5.41, 5.74) is 0. The summed E-state index contributed by atoms with van der Waals surface area (Å²) in [6, 6.07) is 0. The van der Waals surface area contributed by atoms with Crippen LogP contribution in [0.15, 0.2) is 109 Å². The molecule has 0 amide bonds. The van der Waals surface area contributed by atoms with E-state index in [1.807, 2.05) is 0 Å². The fourth-order valence-electron chi connectivity index (χ4n) is 9.18. The van der Waals surface area contributed by atoms with Gasteiger partial charge in [-0.05, 0) is 103 Å². The molecule has 16 nitrogen and oxygen atoms in total. The highest BCUT2D eigenvalue weighted by Crippen LogP contribution is 2.45. The number of hydrogen-bond acceptors (Lipinski definition) is 14. The first-order chi connectivity index (χ1) is 44.2. The van der Waals surface area contributed by atoms with Gasteiger partial charge in [-0.3, -0.25) is 32.5 Å². The van der Waals surface area contributed by atoms with Crippen molar-refractivity contribution in [2.75, 3.05) is 39.6 Å². The third kappa shape index (κ3) is 67.4. The number of esters is 3. The van der Waals surface area contributed by atoms with Gasteiger partial charge in [0, 0.05) is 19.3 Å². The lowest BCUT2D eigenvalue weighted by Gasteiger charge is -2.21. The summed E-state index contributed by atoms with van der Waals surface area (Å²) < 4.78 is 60.9. The maximum Gasteiger partial charge on any atom is 0.472 e. The summed E-state index contributed by atoms with van der Waals surface area (Å²) in [6.45, 7) is 2.42. The Morgan fingerprint density at radius 3 is 0.923 bits per heavy atom. The van der Waals surface area contributed by atoms with Gasteiger partial charge in [-0.25, -0.2) is 9.13 Å². The molecular weight excluding hydrogens is 1190 g/mol. The minimum Gasteiger partial charge on any atom is -0.463 e. The molecule has 0 aliphatic rings. The lowest BCUT2D eigenvalue weighted by Crippen LogP contribution is -2.30. The third-order valence-corrected chi connectivity index (χ3v) is 16.4. The summed E-state index contributed by atoms with van der Waals surface area (Å²) in [5.74, 6) is -1.60. The van der Waals surface area contributed by atoms with Gasteiger partial charge < -0.3 is 34.2 Å². The van der Waals surface area contributed by atoms with E-state index >= 15 is 0 Å². The number of allylic oxidation sites excluding steroid dienone is 18. The van der Waals surface area contributed by atoms with E-state index in [-0.39, 0.29) is 19.3 Å². The highest BCUT2D eigenvalue weighted by Gasteiger charge is 2.29. The molecular formula is C73H126O16P2. The number of rotatable bonds is 66. The zero-order chi connectivity index (χ0) is 66.7. The summed E-state index contributed by atoms with van der Waals surface area (Å²) in [6.07, 6.45) is 74.3. The van der Waals surface area contributed by atoms with Crippen molar-refractivity contribution in [3.05, 3.63) is 109 Å². The lowest BCUT2D eigenvalue weighted by molar-refractivity contribution is -0.161. The highest BCUT2D eigenvalue weighted by atomic mass is 31.2. The number of carbonyl (C=O) groups excluding carboxylic acids is 3. The van der Waals surface area contributed by atoms with Crippen molar-refractivity contribution in [2.45, 2.75) is 296 Å². The number of ether oxygens (including phenoxy) is 3. The molecule has 0 heterocycles. The normalized spacial score (nSPS) is 14.8. The van der Waals surface area contributed by atoms with Crippen LogP contribution in [0.1, 0.15) is 278 Å². The van der Waals surface area contributed by atoms with E-state index < -0.39 is 91.5 Å². The van der Waals surface area contributed by atoms with Crippen LogP contribution < -0.4 is 0 Å². The van der Waals surface area contributed by atoms with Crippen LogP contribution in [0, 0.1) is 0 Å². The monoisotopic (exact) mass is 1320 g/mol. The number of hydrogen-bond donors (Lipinski definition) is 4. The number of carbonyl (C=O) groups is 3. The number of phosphoric ester groups is 2. The molecule has 0 aliphatic heterocycles. The Morgan fingerprint density at radius 1 is 0.319 bits per heavy atom. The van der Waals surface area contributed by atoms with Crippen molar-refractivity contribution in [2.24, 2.45) is 0 Å². The molecule has 0 radical (unpaired) electrons. The van der Waals surface area contributed by atoms with Crippen molar-refractivity contribution in [1.29, 1.82) is 0 Å². The van der Waals surface area contributed by atoms with Gasteiger partial charge in [-0.15, -0.1) is 0 Å². The average Bonchev–Trinajstić information content (AvgIpc) is 3.70. The van der Waals surface area contributed by atoms with E-state index in [1.165, 1.54) is 70.6 Å². The molecule has 0 rings (SSSR count). The van der Waals surface area contributed by atoms with Gasteiger partial charge >= 0.3 is 33.6 Å². The third-order valence-electron chi connectivity index (χ3n) is 14.5. The maximum absolute atomic E-state index is 12.9. The van der Waals surface area contributed by atoms with E-state index in [2.05, 4.69) is 130 Å². The largest absolute Gasteiger partial charge is 0.472 e. The molecule has 4 N–H and O–H groups in total. The van der Waals surface area contributed by atoms with Crippen molar-refractivity contribution >= 4 is 33.6 Å². The second-order valence-corrected chi connectivity index (χ2v) is 26.2. The fourth-order valence-corrected chi connectivity index (χ4v) is 10.8. The first-order valence-corrected chi connectivity index (χ1v) is 38.2. The summed E-state index contributed by atoms with van der Waals surface area (Å²) in [5, 5.41) is 20.6. The van der Waals surface area contributed by atoms with E-state index in [9.17, 15) is 43.5 Å². The van der Waals surface area contributed by atoms with Gasteiger partial charge in [0.15, 0.2) is 6.10 Å². The summed E-state index contributed by atoms with van der Waals surface area (Å²) in [7, 11) is -9.78. The Hall–Kier alpha value is -3.79. The summed E-state index contributed by atoms with van der Waals surface area (Å²) >= 11 is 0. The Bertz CT molecular complexity index is 2100. The zero-order valence-corrected chi connectivity index (χ0v) is 58.5. The molecule has 5 atom stereocenters. The molecule has 0 aromatic rings. The lowest BCUT2D eigenvalue weighted by atomic mass is 10.0. The van der Waals surface area contributed by atoms with Gasteiger partial charge in [0.1, 0.15) is 25.4 Å². The van der Waals surface area contributed by atoms with Crippen LogP contribution in [0.2, 0.25) is 0 Å². The van der Waals surface area contributed by atoms with Crippen LogP contribution in [0.5, 0.6) is 0 Å². The molecule has 0 saturated carbocycles. The molecule has 524 valence electrons. The van der Waals surface area contributed by atoms with Crippen molar-refractivity contribution in [3.8, 4) is 0 Å². The first kappa shape index (κ1) is 87.2. The van der Waals surface area contributed by atoms with Gasteiger partial charge in [0.25, 0.3) is 0 Å². The van der Waals surface area contributed by atoms with Crippen LogP contribution in [0.4, 0.5) is 0 Å². The van der Waals surface area contributed by atoms with E-state index in [0.29, 0.717) is 19.3 Å². The molecule has 0 aliphatic carbocycles. The molecule has 0 spiro atoms. The standard InChI is InChI=1S/C73H126O16P2/c1-4-7-10-13-16-19-22-25-27-28-29-30-31-32-33-34-35-36-37-38-40-43-44-47-50-53-56-59-71(76)83-62-68(74)63-85-90(79,80)86-64-69(75)65-87-91(81,82)88-67-70(89-73(78)61-58-55-52-49-46-41-24-21-18-15-12-9-6-3)66-84-72(77)60-57-54-51-48-45-42-39-26-23-20-17-14-11-8-5-2/h7-8,10-11,16-17,19-20,25-27,29-30,32-33,35-36,39,68-70,74-75H,4-6,9,12-15,18,21-24,28,31,34,37-38,40-67H2,1-3H3,(H,79,80)(H,81,82)/b10-7-,11-8-,19-16-,20-17-,27-25-,30-29-,33-32-,36-35-,39-26-. The molecule has 0 aromatic carbocycles. The maximum atomic E-state index is 12.9. The van der Waals surface area contributed by atoms with E-state index in [0.717, 1.165) is 148 Å². The van der Waals surface area contributed by atoms with Crippen molar-refractivity contribution in [1.82, 2.24) is 0 Å². The van der Waals surface area contributed by atoms with Crippen LogP contribution >= 0.6 is 15.6 Å². The van der Waals surface area contributed by atoms with Crippen molar-refractivity contribution in [3.63, 3.8) is 0 Å². The number of unbranched alkanes of at least 4 members (excludes halogenated alkanes) is 25. The molecule has 0 fully saturated rings. The molecule has 5 unspecified atom stereocenters. The second kappa shape index (κ2) is 66.2. The van der Waals surface area contributed by atoms with E-state index in [1.54, 1.807) is 0 Å². The van der Waals surface area contributed by atoms with Crippen molar-refractivity contribution < 1.29 is 75.8 Å². The van der Waals surface area contributed by atoms with Crippen LogP contribution in [-0.2, 0) is 55.8 Å². The Morgan fingerprint density at radius 2 is 0.582 bits per heavy atom. The topological polar surface area (TPSA) is 231 Å². The first-order valence-electron chi connectivity index (χ1n) is 35.2. The quantitative estimate of drug-likeness (QED) is 0.0146. The molecule has 18 heteroatoms. The Balaban J connectivity index is 4.52. The molecule has 0 bridgehead atoms. The van der Waals surface area contributed by atoms with Crippen LogP contribution in [0.3, 0.4) is 0 Å². The average molecular weight is 1320 g/mol. The zero-order valence-electron chi connectivity index (χ0n) is 56.7. The minimum atomic E-state index is -4.92. The van der Waals surface area contributed by atoms with Gasteiger partial charge in [-0.1, -0.05) is 265 Å². The van der Waals surface area contributed by atoms with Crippen LogP contribution in [0.25, 0.3) is 0 Å². The van der Waals surface area contributed by atoms with E-state index in [4.69, 9.17) is 32.3 Å². The predicted octanol–water partition coefficient (Wildman–Crippen LogP) is 19.6. The Kier molecular flexibility index (Phi) is 63.5. The fraction of sp³-hybridized carbons (Fsp3) is 0.712. The van der Waals surface area contributed by atoms with Crippen LogP contribution in [-0.4, -0.2) is 95.9 Å². The smallest absolute Gasteiger partial charge is 0.463 e. The number of phosphoric acid groups is 2. The van der Waals surface area contributed by atoms with Gasteiger partial charge in [0.05, 0.1) is 26.4 Å². The minimum absolute atomic E-state index is 0.103. The predicted molar refractivity (Wildman–Crippen MR) is 371 cm³/mol. The number of aliphatic hydroxyl groups is 2. The molecule has 0 aromatic heterocycles. The summed E-state index contributed by atoms with van der Waals surface area (Å²) in [4.78, 5) is 58.3. The molecule has 0 saturated heterocycles. The number of aliphatic hydroxyl groups excluding tert-OH is 2. The second-order valence-electron chi connectivity index (χ2n) is 23.3. The highest BCUT2D eigenvalue weighted by molar-refractivity contribution is 7.47. The van der Waals surface area contributed by atoms with Gasteiger partial charge in [0.2, 0.25) is 0 Å². The molecule has 91 heavy (non-hydrogen) atoms. The Labute approximate surface area is 551 Å². The van der Waals surface area contributed by atoms with Gasteiger partial charge in [-0.2, -0.15) is 0 Å². The SMILES string of the molecule is CC/C=C\C/C=C\C/C=C\C/C=C\C/C=C\C/C=C\CCCCCCCCCCC(=O)OCC(O)COP(=O)(O)OCC(O)COP(=O)(O)OCC(COC(=O)CCCCCCC/C=C\C/C=C\C/C=C\CC)OC(=O)CCCCCCCCCCCCCCC.